The summed E-state index contributed by atoms with van der Waals surface area (Å²) in [7, 11) is 0. The number of nitrogens with one attached hydrogen (secondary N) is 1. The highest BCUT2D eigenvalue weighted by atomic mass is 32.2. The van der Waals surface area contributed by atoms with Crippen LogP contribution < -0.4 is 15.0 Å². The van der Waals surface area contributed by atoms with Gasteiger partial charge in [-0.1, -0.05) is 18.2 Å². The number of aromatic nitrogens is 2. The van der Waals surface area contributed by atoms with Gasteiger partial charge in [0.2, 0.25) is 0 Å². The van der Waals surface area contributed by atoms with Crippen LogP contribution in [0, 0.1) is 6.92 Å². The SMILES string of the molecule is Cc1cccc2c1OCC[C@@H]2Nc1cc(N2CCSCC2)ncn1. The van der Waals surface area contributed by atoms with Gasteiger partial charge in [-0.15, -0.1) is 0 Å². The predicted molar refractivity (Wildman–Crippen MR) is 99.2 cm³/mol. The van der Waals surface area contributed by atoms with E-state index < -0.39 is 0 Å². The summed E-state index contributed by atoms with van der Waals surface area (Å²) in [5.74, 6) is 5.25. The molecule has 2 aliphatic heterocycles. The number of para-hydroxylation sites is 1. The quantitative estimate of drug-likeness (QED) is 0.924. The first-order valence-electron chi connectivity index (χ1n) is 8.45. The fraction of sp³-hybridized carbons (Fsp3) is 0.444. The van der Waals surface area contributed by atoms with E-state index in [4.69, 9.17) is 4.74 Å². The summed E-state index contributed by atoms with van der Waals surface area (Å²) in [6, 6.07) is 8.63. The molecule has 0 unspecified atom stereocenters. The molecule has 0 amide bonds. The maximum absolute atomic E-state index is 5.86. The molecule has 3 heterocycles. The number of fused-ring (bicyclic) bond motifs is 1. The van der Waals surface area contributed by atoms with Crippen molar-refractivity contribution < 1.29 is 4.74 Å². The number of rotatable bonds is 3. The zero-order chi connectivity index (χ0) is 16.4. The topological polar surface area (TPSA) is 50.3 Å². The number of thioether (sulfide) groups is 1. The number of nitrogens with zero attached hydrogens (tertiary/aromatic N) is 3. The van der Waals surface area contributed by atoms with Gasteiger partial charge < -0.3 is 15.0 Å². The summed E-state index contributed by atoms with van der Waals surface area (Å²) in [6.45, 7) is 4.94. The number of benzene rings is 1. The van der Waals surface area contributed by atoms with Gasteiger partial charge in [-0.3, -0.25) is 0 Å². The highest BCUT2D eigenvalue weighted by Gasteiger charge is 2.23. The lowest BCUT2D eigenvalue weighted by atomic mass is 9.98. The molecular weight excluding hydrogens is 320 g/mol. The molecule has 4 rings (SSSR count). The van der Waals surface area contributed by atoms with E-state index in [-0.39, 0.29) is 6.04 Å². The monoisotopic (exact) mass is 342 g/mol. The maximum atomic E-state index is 5.86. The van der Waals surface area contributed by atoms with Crippen LogP contribution in [-0.2, 0) is 0 Å². The zero-order valence-electron chi connectivity index (χ0n) is 13.9. The van der Waals surface area contributed by atoms with Gasteiger partial charge in [0.25, 0.3) is 0 Å². The molecule has 0 saturated carbocycles. The van der Waals surface area contributed by atoms with Crippen molar-refractivity contribution >= 4 is 23.4 Å². The molecule has 24 heavy (non-hydrogen) atoms. The zero-order valence-corrected chi connectivity index (χ0v) is 14.7. The van der Waals surface area contributed by atoms with E-state index in [1.165, 1.54) is 22.6 Å². The number of hydrogen-bond donors (Lipinski definition) is 1. The molecule has 1 saturated heterocycles. The Hall–Kier alpha value is -1.95. The molecule has 1 atom stereocenters. The summed E-state index contributed by atoms with van der Waals surface area (Å²) in [6.07, 6.45) is 2.60. The van der Waals surface area contributed by atoms with Gasteiger partial charge in [0.1, 0.15) is 23.7 Å². The summed E-state index contributed by atoms with van der Waals surface area (Å²) < 4.78 is 5.86. The molecule has 2 aliphatic rings. The van der Waals surface area contributed by atoms with E-state index >= 15 is 0 Å². The molecule has 1 N–H and O–H groups in total. The van der Waals surface area contributed by atoms with Crippen LogP contribution in [0.5, 0.6) is 5.75 Å². The number of anilines is 2. The first kappa shape index (κ1) is 15.6. The van der Waals surface area contributed by atoms with Gasteiger partial charge in [-0.2, -0.15) is 11.8 Å². The molecule has 6 heteroatoms. The van der Waals surface area contributed by atoms with Crippen molar-refractivity contribution in [2.75, 3.05) is 41.4 Å². The Balaban J connectivity index is 1.55. The van der Waals surface area contributed by atoms with E-state index in [1.54, 1.807) is 6.33 Å². The molecule has 0 spiro atoms. The van der Waals surface area contributed by atoms with E-state index in [1.807, 2.05) is 11.8 Å². The van der Waals surface area contributed by atoms with Crippen LogP contribution in [0.3, 0.4) is 0 Å². The minimum Gasteiger partial charge on any atom is -0.493 e. The lowest BCUT2D eigenvalue weighted by Gasteiger charge is -2.29. The maximum Gasteiger partial charge on any atom is 0.134 e. The van der Waals surface area contributed by atoms with Crippen LogP contribution in [-0.4, -0.2) is 41.2 Å². The lowest BCUT2D eigenvalue weighted by Crippen LogP contribution is -2.33. The Morgan fingerprint density at radius 2 is 2.12 bits per heavy atom. The molecular formula is C18H22N4OS. The number of ether oxygens (including phenoxy) is 1. The standard InChI is InChI=1S/C18H22N4OS/c1-13-3-2-4-14-15(5-8-23-18(13)14)21-16-11-17(20-12-19-16)22-6-9-24-10-7-22/h2-4,11-12,15H,5-10H2,1H3,(H,19,20,21)/t15-/m0/s1. The highest BCUT2D eigenvalue weighted by molar-refractivity contribution is 7.99. The van der Waals surface area contributed by atoms with Gasteiger partial charge >= 0.3 is 0 Å². The van der Waals surface area contributed by atoms with E-state index in [0.29, 0.717) is 0 Å². The fourth-order valence-corrected chi connectivity index (χ4v) is 4.20. The molecule has 0 bridgehead atoms. The minimum absolute atomic E-state index is 0.230. The third kappa shape index (κ3) is 3.15. The molecule has 2 aromatic rings. The van der Waals surface area contributed by atoms with Crippen LogP contribution in [0.25, 0.3) is 0 Å². The van der Waals surface area contributed by atoms with Crippen molar-refractivity contribution in [3.63, 3.8) is 0 Å². The van der Waals surface area contributed by atoms with Gasteiger partial charge in [0.15, 0.2) is 0 Å². The normalized spacial score (nSPS) is 20.2. The summed E-state index contributed by atoms with van der Waals surface area (Å²) in [5.41, 5.74) is 2.41. The van der Waals surface area contributed by atoms with Crippen molar-refractivity contribution in [2.24, 2.45) is 0 Å². The van der Waals surface area contributed by atoms with E-state index in [2.05, 4.69) is 51.4 Å². The van der Waals surface area contributed by atoms with E-state index in [0.717, 1.165) is 43.5 Å². The second-order valence-electron chi connectivity index (χ2n) is 6.19. The molecule has 1 aromatic carbocycles. The number of aryl methyl sites for hydroxylation is 1. The Kier molecular flexibility index (Phi) is 4.47. The van der Waals surface area contributed by atoms with Crippen molar-refractivity contribution in [1.82, 2.24) is 9.97 Å². The third-order valence-electron chi connectivity index (χ3n) is 4.58. The predicted octanol–water partition coefficient (Wildman–Crippen LogP) is 3.27. The highest BCUT2D eigenvalue weighted by Crippen LogP contribution is 2.36. The average molecular weight is 342 g/mol. The molecule has 126 valence electrons. The Bertz CT molecular complexity index is 718. The summed E-state index contributed by atoms with van der Waals surface area (Å²) in [4.78, 5) is 11.2. The van der Waals surface area contributed by atoms with Crippen molar-refractivity contribution in [3.8, 4) is 5.75 Å². The van der Waals surface area contributed by atoms with Gasteiger partial charge in [0.05, 0.1) is 12.6 Å². The molecule has 1 fully saturated rings. The Labute approximate surface area is 146 Å². The van der Waals surface area contributed by atoms with Crippen LogP contribution in [0.4, 0.5) is 11.6 Å². The molecule has 1 aromatic heterocycles. The van der Waals surface area contributed by atoms with Crippen molar-refractivity contribution in [1.29, 1.82) is 0 Å². The van der Waals surface area contributed by atoms with Gasteiger partial charge in [-0.05, 0) is 12.5 Å². The molecule has 0 radical (unpaired) electrons. The first-order valence-corrected chi connectivity index (χ1v) is 9.60. The second kappa shape index (κ2) is 6.89. The number of hydrogen-bond acceptors (Lipinski definition) is 6. The van der Waals surface area contributed by atoms with Crippen LogP contribution in [0.15, 0.2) is 30.6 Å². The van der Waals surface area contributed by atoms with Crippen LogP contribution >= 0.6 is 11.8 Å². The summed E-state index contributed by atoms with van der Waals surface area (Å²) >= 11 is 2.01. The van der Waals surface area contributed by atoms with Gasteiger partial charge in [-0.25, -0.2) is 9.97 Å². The smallest absolute Gasteiger partial charge is 0.134 e. The van der Waals surface area contributed by atoms with Gasteiger partial charge in [0, 0.05) is 42.6 Å². The van der Waals surface area contributed by atoms with Crippen molar-refractivity contribution in [3.05, 3.63) is 41.7 Å². The second-order valence-corrected chi connectivity index (χ2v) is 7.41. The van der Waals surface area contributed by atoms with Crippen LogP contribution in [0.1, 0.15) is 23.6 Å². The fourth-order valence-electron chi connectivity index (χ4n) is 3.30. The third-order valence-corrected chi connectivity index (χ3v) is 5.52. The average Bonchev–Trinajstić information content (AvgIpc) is 2.64. The summed E-state index contributed by atoms with van der Waals surface area (Å²) in [5, 5.41) is 3.58. The molecule has 5 nitrogen and oxygen atoms in total. The van der Waals surface area contributed by atoms with Crippen molar-refractivity contribution in [2.45, 2.75) is 19.4 Å². The molecule has 0 aliphatic carbocycles. The largest absolute Gasteiger partial charge is 0.493 e. The first-order chi connectivity index (χ1) is 11.8. The lowest BCUT2D eigenvalue weighted by molar-refractivity contribution is 0.272. The van der Waals surface area contributed by atoms with Crippen LogP contribution in [0.2, 0.25) is 0 Å². The minimum atomic E-state index is 0.230. The van der Waals surface area contributed by atoms with E-state index in [9.17, 15) is 0 Å². The Morgan fingerprint density at radius 3 is 3.00 bits per heavy atom. The Morgan fingerprint density at radius 1 is 1.25 bits per heavy atom.